The highest BCUT2D eigenvalue weighted by molar-refractivity contribution is 5.87. The molecule has 0 saturated carbocycles. The number of fused-ring (bicyclic) bond motifs is 2. The molecule has 0 spiro atoms. The van der Waals surface area contributed by atoms with Crippen molar-refractivity contribution in [1.29, 1.82) is 0 Å². The number of rotatable bonds is 6. The number of likely N-dealkylation sites (N-methyl/N-ethyl adjacent to an activating group) is 1. The van der Waals surface area contributed by atoms with Crippen LogP contribution in [0.4, 0.5) is 0 Å². The normalized spacial score (nSPS) is 27.6. The molecule has 2 aliphatic rings. The summed E-state index contributed by atoms with van der Waals surface area (Å²) in [5, 5.41) is 10.1. The summed E-state index contributed by atoms with van der Waals surface area (Å²) < 4.78 is 21.5. The number of piperidine rings is 1. The molecule has 2 bridgehead atoms. The van der Waals surface area contributed by atoms with Gasteiger partial charge in [0.2, 0.25) is 5.75 Å². The molecule has 27 heavy (non-hydrogen) atoms. The predicted molar refractivity (Wildman–Crippen MR) is 100 cm³/mol. The lowest BCUT2D eigenvalue weighted by Gasteiger charge is -2.35. The first kappa shape index (κ1) is 19.5. The van der Waals surface area contributed by atoms with Crippen molar-refractivity contribution in [3.8, 4) is 17.2 Å². The Kier molecular flexibility index (Phi) is 5.92. The number of carbonyl (C=O) groups is 1. The van der Waals surface area contributed by atoms with Crippen LogP contribution in [0.5, 0.6) is 17.2 Å². The fourth-order valence-corrected chi connectivity index (χ4v) is 4.06. The zero-order chi connectivity index (χ0) is 19.6. The van der Waals surface area contributed by atoms with Gasteiger partial charge in [0.05, 0.1) is 27.4 Å². The number of carbonyl (C=O) groups excluding carboxylic acids is 1. The minimum atomic E-state index is -0.396. The third kappa shape index (κ3) is 4.04. The summed E-state index contributed by atoms with van der Waals surface area (Å²) in [5.41, 5.74) is 0.736. The molecule has 0 aliphatic carbocycles. The fraction of sp³-hybridized carbons (Fsp3) is 0.550. The summed E-state index contributed by atoms with van der Waals surface area (Å²) >= 11 is 0. The maximum Gasteiger partial charge on any atom is 0.331 e. The summed E-state index contributed by atoms with van der Waals surface area (Å²) in [6.07, 6.45) is 4.73. The SMILES string of the molecule is COc1cc(/C=C/C(=O)O[C@H]2C[C@H]3C[C@H](O)[C@@H](C2)N3C)cc(OC)c1OC. The number of hydrogen-bond acceptors (Lipinski definition) is 7. The van der Waals surface area contributed by atoms with Gasteiger partial charge in [0.1, 0.15) is 6.10 Å². The monoisotopic (exact) mass is 377 g/mol. The van der Waals surface area contributed by atoms with Crippen LogP contribution < -0.4 is 14.2 Å². The van der Waals surface area contributed by atoms with Crippen LogP contribution in [0.25, 0.3) is 6.08 Å². The minimum absolute atomic E-state index is 0.0700. The van der Waals surface area contributed by atoms with E-state index in [4.69, 9.17) is 18.9 Å². The second-order valence-electron chi connectivity index (χ2n) is 7.01. The van der Waals surface area contributed by atoms with Gasteiger partial charge in [-0.25, -0.2) is 4.79 Å². The van der Waals surface area contributed by atoms with Crippen LogP contribution in [-0.4, -0.2) is 68.6 Å². The Balaban J connectivity index is 1.65. The Labute approximate surface area is 159 Å². The Morgan fingerprint density at radius 1 is 1.11 bits per heavy atom. The molecule has 2 saturated heterocycles. The van der Waals surface area contributed by atoms with Crippen molar-refractivity contribution in [2.75, 3.05) is 28.4 Å². The highest BCUT2D eigenvalue weighted by atomic mass is 16.5. The van der Waals surface area contributed by atoms with E-state index in [-0.39, 0.29) is 24.3 Å². The highest BCUT2D eigenvalue weighted by Crippen LogP contribution is 2.39. The molecule has 1 N–H and O–H groups in total. The van der Waals surface area contributed by atoms with Crippen molar-refractivity contribution in [1.82, 2.24) is 4.90 Å². The standard InChI is InChI=1S/C20H27NO6/c1-21-13-9-14(11-15(21)16(22)10-13)27-19(23)6-5-12-7-17(24-2)20(26-4)18(8-12)25-3/h5-8,13-16,22H,9-11H2,1-4H3/b6-5+/t13-,14-,15+,16-/m0/s1. The topological polar surface area (TPSA) is 77.5 Å². The lowest BCUT2D eigenvalue weighted by Crippen LogP contribution is -2.45. The molecule has 2 fully saturated rings. The van der Waals surface area contributed by atoms with Crippen LogP contribution in [0.15, 0.2) is 18.2 Å². The van der Waals surface area contributed by atoms with E-state index in [1.165, 1.54) is 6.08 Å². The Morgan fingerprint density at radius 3 is 2.33 bits per heavy atom. The molecule has 4 atom stereocenters. The summed E-state index contributed by atoms with van der Waals surface area (Å²) in [6, 6.07) is 3.87. The van der Waals surface area contributed by atoms with Crippen LogP contribution in [0, 0.1) is 0 Å². The van der Waals surface area contributed by atoms with E-state index in [0.29, 0.717) is 23.7 Å². The predicted octanol–water partition coefficient (Wildman–Crippen LogP) is 1.86. The maximum atomic E-state index is 12.2. The number of nitrogens with zero attached hydrogens (tertiary/aromatic N) is 1. The molecule has 0 radical (unpaired) electrons. The van der Waals surface area contributed by atoms with Crippen molar-refractivity contribution in [3.63, 3.8) is 0 Å². The lowest BCUT2D eigenvalue weighted by molar-refractivity contribution is -0.146. The second-order valence-corrected chi connectivity index (χ2v) is 7.01. The average molecular weight is 377 g/mol. The van der Waals surface area contributed by atoms with Crippen molar-refractivity contribution < 1.29 is 28.8 Å². The largest absolute Gasteiger partial charge is 0.493 e. The molecule has 148 valence electrons. The molecule has 2 heterocycles. The molecular weight excluding hydrogens is 350 g/mol. The van der Waals surface area contributed by atoms with E-state index in [1.807, 2.05) is 7.05 Å². The number of aliphatic hydroxyl groups is 1. The Morgan fingerprint density at radius 2 is 1.78 bits per heavy atom. The molecule has 0 unspecified atom stereocenters. The first-order valence-electron chi connectivity index (χ1n) is 9.05. The van der Waals surface area contributed by atoms with Crippen LogP contribution in [0.2, 0.25) is 0 Å². The summed E-state index contributed by atoms with van der Waals surface area (Å²) in [6.45, 7) is 0. The van der Waals surface area contributed by atoms with Gasteiger partial charge in [0.25, 0.3) is 0 Å². The summed E-state index contributed by atoms with van der Waals surface area (Å²) in [7, 11) is 6.65. The third-order valence-corrected chi connectivity index (χ3v) is 5.48. The smallest absolute Gasteiger partial charge is 0.331 e. The third-order valence-electron chi connectivity index (χ3n) is 5.48. The van der Waals surface area contributed by atoms with Crippen LogP contribution in [0.1, 0.15) is 24.8 Å². The van der Waals surface area contributed by atoms with E-state index >= 15 is 0 Å². The van der Waals surface area contributed by atoms with E-state index in [9.17, 15) is 9.90 Å². The zero-order valence-electron chi connectivity index (χ0n) is 16.2. The number of aliphatic hydroxyl groups excluding tert-OH is 1. The van der Waals surface area contributed by atoms with Gasteiger partial charge in [-0.3, -0.25) is 4.90 Å². The number of methoxy groups -OCH3 is 3. The molecule has 3 rings (SSSR count). The first-order valence-corrected chi connectivity index (χ1v) is 9.05. The van der Waals surface area contributed by atoms with E-state index in [1.54, 1.807) is 39.5 Å². The van der Waals surface area contributed by atoms with Crippen molar-refractivity contribution in [2.24, 2.45) is 0 Å². The number of ether oxygens (including phenoxy) is 4. The molecule has 7 nitrogen and oxygen atoms in total. The highest BCUT2D eigenvalue weighted by Gasteiger charge is 2.45. The van der Waals surface area contributed by atoms with Gasteiger partial charge in [-0.15, -0.1) is 0 Å². The van der Waals surface area contributed by atoms with Gasteiger partial charge < -0.3 is 24.1 Å². The summed E-state index contributed by atoms with van der Waals surface area (Å²) in [4.78, 5) is 14.4. The molecule has 0 aromatic heterocycles. The number of hydrogen-bond donors (Lipinski definition) is 1. The Hall–Kier alpha value is -2.25. The van der Waals surface area contributed by atoms with E-state index < -0.39 is 5.97 Å². The Bertz CT molecular complexity index is 693. The van der Waals surface area contributed by atoms with Crippen LogP contribution in [0.3, 0.4) is 0 Å². The summed E-state index contributed by atoms with van der Waals surface area (Å²) in [5.74, 6) is 1.14. The lowest BCUT2D eigenvalue weighted by atomic mass is 10.0. The first-order chi connectivity index (χ1) is 13.0. The quantitative estimate of drug-likeness (QED) is 0.599. The zero-order valence-corrected chi connectivity index (χ0v) is 16.2. The van der Waals surface area contributed by atoms with Crippen molar-refractivity contribution >= 4 is 12.0 Å². The van der Waals surface area contributed by atoms with E-state index in [0.717, 1.165) is 18.4 Å². The molecule has 0 amide bonds. The van der Waals surface area contributed by atoms with Gasteiger partial charge in [0.15, 0.2) is 11.5 Å². The second kappa shape index (κ2) is 8.19. The average Bonchev–Trinajstić information content (AvgIpc) is 2.82. The van der Waals surface area contributed by atoms with Gasteiger partial charge in [0, 0.05) is 31.0 Å². The van der Waals surface area contributed by atoms with Gasteiger partial charge in [-0.1, -0.05) is 0 Å². The van der Waals surface area contributed by atoms with Crippen molar-refractivity contribution in [2.45, 2.75) is 43.6 Å². The molecule has 1 aromatic carbocycles. The molecule has 7 heteroatoms. The number of esters is 1. The van der Waals surface area contributed by atoms with E-state index in [2.05, 4.69) is 4.90 Å². The van der Waals surface area contributed by atoms with Crippen LogP contribution in [-0.2, 0) is 9.53 Å². The molecule has 1 aromatic rings. The molecule has 2 aliphatic heterocycles. The van der Waals surface area contributed by atoms with Crippen LogP contribution >= 0.6 is 0 Å². The maximum absolute atomic E-state index is 12.2. The van der Waals surface area contributed by atoms with Crippen molar-refractivity contribution in [3.05, 3.63) is 23.8 Å². The fourth-order valence-electron chi connectivity index (χ4n) is 4.06. The van der Waals surface area contributed by atoms with Gasteiger partial charge in [-0.05, 0) is 37.2 Å². The van der Waals surface area contributed by atoms with Gasteiger partial charge >= 0.3 is 5.97 Å². The number of benzene rings is 1. The minimum Gasteiger partial charge on any atom is -0.493 e. The molecular formula is C20H27NO6. The van der Waals surface area contributed by atoms with Gasteiger partial charge in [-0.2, -0.15) is 0 Å².